The second kappa shape index (κ2) is 9.13. The van der Waals surface area contributed by atoms with E-state index in [0.717, 1.165) is 28.5 Å². The monoisotopic (exact) mass is 510 g/mol. The Balaban J connectivity index is 1.50. The number of hydrogen-bond donors (Lipinski definition) is 1. The van der Waals surface area contributed by atoms with Crippen molar-refractivity contribution >= 4 is 38.6 Å². The molecular formula is C25H23BrN2O5. The number of carbonyl (C=O) groups excluding carboxylic acids is 2. The van der Waals surface area contributed by atoms with Crippen molar-refractivity contribution in [2.45, 2.75) is 6.04 Å². The summed E-state index contributed by atoms with van der Waals surface area (Å²) in [5.41, 5.74) is 1.37. The fourth-order valence-corrected chi connectivity index (χ4v) is 4.67. The number of morpholine rings is 1. The maximum atomic E-state index is 13.5. The van der Waals surface area contributed by atoms with E-state index >= 15 is 0 Å². The summed E-state index contributed by atoms with van der Waals surface area (Å²) in [5.74, 6) is -1.45. The molecule has 0 radical (unpaired) electrons. The van der Waals surface area contributed by atoms with Gasteiger partial charge in [0, 0.05) is 36.0 Å². The lowest BCUT2D eigenvalue weighted by atomic mass is 9.95. The lowest BCUT2D eigenvalue weighted by Gasteiger charge is -2.31. The van der Waals surface area contributed by atoms with Gasteiger partial charge in [0.25, 0.3) is 5.91 Å². The summed E-state index contributed by atoms with van der Waals surface area (Å²) in [4.78, 5) is 30.5. The van der Waals surface area contributed by atoms with Crippen LogP contribution in [-0.2, 0) is 9.53 Å². The van der Waals surface area contributed by atoms with Crippen LogP contribution in [0.2, 0.25) is 0 Å². The van der Waals surface area contributed by atoms with E-state index in [4.69, 9.17) is 9.15 Å². The third kappa shape index (κ3) is 4.21. The Hall–Kier alpha value is -2.94. The zero-order chi connectivity index (χ0) is 22.9. The minimum absolute atomic E-state index is 0.0448. The van der Waals surface area contributed by atoms with Gasteiger partial charge < -0.3 is 19.2 Å². The van der Waals surface area contributed by atoms with Crippen LogP contribution in [0.25, 0.3) is 11.0 Å². The van der Waals surface area contributed by atoms with Gasteiger partial charge in [-0.3, -0.25) is 14.5 Å². The number of aliphatic hydroxyl groups is 1. The Morgan fingerprint density at radius 1 is 1.06 bits per heavy atom. The molecule has 1 fully saturated rings. The van der Waals surface area contributed by atoms with Crippen LogP contribution in [0.4, 0.5) is 0 Å². The van der Waals surface area contributed by atoms with Gasteiger partial charge in [-0.1, -0.05) is 46.3 Å². The fraction of sp³-hybridized carbons (Fsp3) is 0.280. The van der Waals surface area contributed by atoms with Crippen LogP contribution < -0.4 is 0 Å². The van der Waals surface area contributed by atoms with Crippen LogP contribution in [0.15, 0.2) is 74.8 Å². The summed E-state index contributed by atoms with van der Waals surface area (Å²) in [6, 6.07) is 15.7. The molecule has 1 amide bonds. The first-order chi connectivity index (χ1) is 16.0. The second-order valence-corrected chi connectivity index (χ2v) is 9.06. The molecule has 0 aliphatic carbocycles. The standard InChI is InChI=1S/C25H23BrN2O5/c26-18-7-5-16(6-8-18)22-21(23(29)20-15-17-3-1-2-4-19(17)33-20)24(30)25(31)28(22)10-9-27-11-13-32-14-12-27/h1-8,15,22,30H,9-14H2/t22-/m1/s1. The highest BCUT2D eigenvalue weighted by Gasteiger charge is 2.44. The quantitative estimate of drug-likeness (QED) is 0.502. The van der Waals surface area contributed by atoms with Gasteiger partial charge in [-0.15, -0.1) is 0 Å². The number of ketones is 1. The minimum atomic E-state index is -0.702. The highest BCUT2D eigenvalue weighted by Crippen LogP contribution is 2.39. The number of aliphatic hydroxyl groups excluding tert-OH is 1. The van der Waals surface area contributed by atoms with Gasteiger partial charge in [0.15, 0.2) is 11.5 Å². The molecule has 0 bridgehead atoms. The zero-order valence-corrected chi connectivity index (χ0v) is 19.5. The number of fused-ring (bicyclic) bond motifs is 1. The van der Waals surface area contributed by atoms with Crippen molar-refractivity contribution in [1.29, 1.82) is 0 Å². The molecule has 33 heavy (non-hydrogen) atoms. The molecule has 1 N–H and O–H groups in total. The van der Waals surface area contributed by atoms with Crippen molar-refractivity contribution in [2.75, 3.05) is 39.4 Å². The van der Waals surface area contributed by atoms with Crippen LogP contribution in [0, 0.1) is 0 Å². The van der Waals surface area contributed by atoms with Crippen molar-refractivity contribution in [3.63, 3.8) is 0 Å². The van der Waals surface area contributed by atoms with Gasteiger partial charge in [0.05, 0.1) is 24.8 Å². The van der Waals surface area contributed by atoms with Crippen molar-refractivity contribution < 1.29 is 23.8 Å². The van der Waals surface area contributed by atoms with Gasteiger partial charge in [0.1, 0.15) is 5.58 Å². The molecule has 8 heteroatoms. The number of ether oxygens (including phenoxy) is 1. The Labute approximate surface area is 199 Å². The number of carbonyl (C=O) groups is 2. The van der Waals surface area contributed by atoms with E-state index < -0.39 is 23.5 Å². The van der Waals surface area contributed by atoms with E-state index in [9.17, 15) is 14.7 Å². The topological polar surface area (TPSA) is 83.2 Å². The van der Waals surface area contributed by atoms with Crippen LogP contribution in [0.5, 0.6) is 0 Å². The number of para-hydroxylation sites is 1. The van der Waals surface area contributed by atoms with E-state index in [1.165, 1.54) is 0 Å². The van der Waals surface area contributed by atoms with Crippen molar-refractivity contribution in [3.8, 4) is 0 Å². The molecule has 1 atom stereocenters. The summed E-state index contributed by atoms with van der Waals surface area (Å²) in [6.45, 7) is 3.89. The molecule has 1 aromatic heterocycles. The van der Waals surface area contributed by atoms with E-state index in [1.807, 2.05) is 42.5 Å². The summed E-state index contributed by atoms with van der Waals surface area (Å²) in [7, 11) is 0. The fourth-order valence-electron chi connectivity index (χ4n) is 4.41. The van der Waals surface area contributed by atoms with Gasteiger partial charge in [-0.25, -0.2) is 0 Å². The second-order valence-electron chi connectivity index (χ2n) is 8.15. The molecule has 1 saturated heterocycles. The Morgan fingerprint density at radius 2 is 1.79 bits per heavy atom. The number of hydrogen-bond acceptors (Lipinski definition) is 6. The normalized spacial score (nSPS) is 19.6. The van der Waals surface area contributed by atoms with E-state index in [0.29, 0.717) is 31.9 Å². The molecule has 3 aromatic rings. The Bertz CT molecular complexity index is 1190. The molecule has 2 aliphatic heterocycles. The minimum Gasteiger partial charge on any atom is -0.503 e. The van der Waals surface area contributed by atoms with E-state index in [2.05, 4.69) is 20.8 Å². The molecule has 2 aliphatic rings. The summed E-state index contributed by atoms with van der Waals surface area (Å²) in [6.07, 6.45) is 0. The first-order valence-electron chi connectivity index (χ1n) is 10.9. The van der Waals surface area contributed by atoms with Crippen LogP contribution in [0.1, 0.15) is 22.2 Å². The molecule has 170 valence electrons. The van der Waals surface area contributed by atoms with E-state index in [-0.39, 0.29) is 11.3 Å². The predicted molar refractivity (Wildman–Crippen MR) is 126 cm³/mol. The summed E-state index contributed by atoms with van der Waals surface area (Å²) in [5, 5.41) is 11.6. The first kappa shape index (κ1) is 21.9. The first-order valence-corrected chi connectivity index (χ1v) is 11.6. The molecule has 7 nitrogen and oxygen atoms in total. The maximum absolute atomic E-state index is 13.5. The lowest BCUT2D eigenvalue weighted by Crippen LogP contribution is -2.43. The molecule has 5 rings (SSSR count). The Kier molecular flexibility index (Phi) is 6.05. The number of rotatable bonds is 6. The van der Waals surface area contributed by atoms with Crippen molar-refractivity contribution in [3.05, 3.63) is 81.7 Å². The maximum Gasteiger partial charge on any atom is 0.290 e. The largest absolute Gasteiger partial charge is 0.503 e. The number of Topliss-reactive ketones (excluding diaryl/α,β-unsaturated/α-hetero) is 1. The number of nitrogens with zero attached hydrogens (tertiary/aromatic N) is 2. The number of halogens is 1. The highest BCUT2D eigenvalue weighted by molar-refractivity contribution is 9.10. The molecule has 3 heterocycles. The third-order valence-electron chi connectivity index (χ3n) is 6.14. The van der Waals surface area contributed by atoms with Gasteiger partial charge >= 0.3 is 0 Å². The third-order valence-corrected chi connectivity index (χ3v) is 6.67. The zero-order valence-electron chi connectivity index (χ0n) is 17.9. The van der Waals surface area contributed by atoms with Gasteiger partial charge in [-0.05, 0) is 29.8 Å². The van der Waals surface area contributed by atoms with E-state index in [1.54, 1.807) is 17.0 Å². The average molecular weight is 511 g/mol. The molecule has 0 unspecified atom stereocenters. The van der Waals surface area contributed by atoms with Gasteiger partial charge in [0.2, 0.25) is 5.78 Å². The van der Waals surface area contributed by atoms with Gasteiger partial charge in [-0.2, -0.15) is 0 Å². The average Bonchev–Trinajstić information content (AvgIpc) is 3.38. The van der Waals surface area contributed by atoms with Crippen LogP contribution in [-0.4, -0.2) is 66.0 Å². The molecule has 0 spiro atoms. The number of furan rings is 1. The number of amides is 1. The molecular weight excluding hydrogens is 488 g/mol. The molecule has 0 saturated carbocycles. The highest BCUT2D eigenvalue weighted by atomic mass is 79.9. The number of benzene rings is 2. The smallest absolute Gasteiger partial charge is 0.290 e. The van der Waals surface area contributed by atoms with Crippen LogP contribution >= 0.6 is 15.9 Å². The SMILES string of the molecule is O=C(C1=C(O)C(=O)N(CCN2CCOCC2)[C@@H]1c1ccc(Br)cc1)c1cc2ccccc2o1. The van der Waals surface area contributed by atoms with Crippen molar-refractivity contribution in [1.82, 2.24) is 9.80 Å². The Morgan fingerprint density at radius 3 is 2.52 bits per heavy atom. The predicted octanol–water partition coefficient (Wildman–Crippen LogP) is 4.11. The summed E-state index contributed by atoms with van der Waals surface area (Å²) < 4.78 is 12.1. The lowest BCUT2D eigenvalue weighted by molar-refractivity contribution is -0.129. The van der Waals surface area contributed by atoms with Crippen LogP contribution in [0.3, 0.4) is 0 Å². The van der Waals surface area contributed by atoms with Crippen molar-refractivity contribution in [2.24, 2.45) is 0 Å². The molecule has 2 aromatic carbocycles. The summed E-state index contributed by atoms with van der Waals surface area (Å²) >= 11 is 3.43.